The summed E-state index contributed by atoms with van der Waals surface area (Å²) >= 11 is 5.92. The summed E-state index contributed by atoms with van der Waals surface area (Å²) in [4.78, 5) is 8.27. The van der Waals surface area contributed by atoms with E-state index >= 15 is 0 Å². The molecule has 0 unspecified atom stereocenters. The molecule has 2 aromatic rings. The summed E-state index contributed by atoms with van der Waals surface area (Å²) in [5, 5.41) is 10.5. The van der Waals surface area contributed by atoms with Crippen LogP contribution >= 0.6 is 35.6 Å². The fourth-order valence-electron chi connectivity index (χ4n) is 1.51. The Kier molecular flexibility index (Phi) is 6.73. The number of benzene rings is 1. The molecule has 2 N–H and O–H groups in total. The molecule has 20 heavy (non-hydrogen) atoms. The van der Waals surface area contributed by atoms with Crippen LogP contribution in [0.15, 0.2) is 33.8 Å². The van der Waals surface area contributed by atoms with Crippen LogP contribution in [0.5, 0.6) is 0 Å². The predicted octanol–water partition coefficient (Wildman–Crippen LogP) is 2.30. The van der Waals surface area contributed by atoms with Gasteiger partial charge in [0.25, 0.3) is 0 Å². The van der Waals surface area contributed by atoms with E-state index in [2.05, 4.69) is 25.8 Å². The van der Waals surface area contributed by atoms with Crippen molar-refractivity contribution in [1.82, 2.24) is 20.8 Å². The van der Waals surface area contributed by atoms with E-state index in [1.807, 2.05) is 12.1 Å². The lowest BCUT2D eigenvalue weighted by Crippen LogP contribution is -2.34. The predicted molar refractivity (Wildman–Crippen MR) is 89.4 cm³/mol. The molecule has 0 amide bonds. The summed E-state index contributed by atoms with van der Waals surface area (Å²) in [7, 11) is 3.46. The van der Waals surface area contributed by atoms with Crippen molar-refractivity contribution >= 4 is 41.5 Å². The standard InChI is InChI=1S/C12H14ClN5O.HI/c1-14-12(15-2)16-7-10-17-11(18-19-10)8-4-3-5-9(13)6-8;/h3-6H,7H2,1-2H3,(H2,14,15,16);1H. The van der Waals surface area contributed by atoms with Gasteiger partial charge in [-0.3, -0.25) is 4.99 Å². The second-order valence-corrected chi connectivity index (χ2v) is 4.13. The lowest BCUT2D eigenvalue weighted by molar-refractivity contribution is 0.375. The summed E-state index contributed by atoms with van der Waals surface area (Å²) in [6.45, 7) is 0.404. The average molecular weight is 408 g/mol. The van der Waals surface area contributed by atoms with Gasteiger partial charge in [-0.25, -0.2) is 0 Å². The minimum atomic E-state index is 0. The van der Waals surface area contributed by atoms with Crippen LogP contribution in [0, 0.1) is 0 Å². The lowest BCUT2D eigenvalue weighted by Gasteiger charge is -2.04. The van der Waals surface area contributed by atoms with E-state index in [4.69, 9.17) is 16.1 Å². The number of guanidine groups is 1. The fraction of sp³-hybridized carbons (Fsp3) is 0.250. The molecule has 0 aliphatic carbocycles. The van der Waals surface area contributed by atoms with Crippen molar-refractivity contribution in [1.29, 1.82) is 0 Å². The molecule has 8 heteroatoms. The quantitative estimate of drug-likeness (QED) is 0.464. The van der Waals surface area contributed by atoms with Crippen molar-refractivity contribution in [2.24, 2.45) is 4.99 Å². The van der Waals surface area contributed by atoms with Crippen molar-refractivity contribution < 1.29 is 4.52 Å². The summed E-state index contributed by atoms with van der Waals surface area (Å²) in [5.41, 5.74) is 0.820. The number of hydrogen-bond acceptors (Lipinski definition) is 4. The highest BCUT2D eigenvalue weighted by Crippen LogP contribution is 2.19. The van der Waals surface area contributed by atoms with Gasteiger partial charge in [0.2, 0.25) is 11.7 Å². The largest absolute Gasteiger partial charge is 0.359 e. The van der Waals surface area contributed by atoms with Crippen LogP contribution < -0.4 is 10.6 Å². The van der Waals surface area contributed by atoms with Gasteiger partial charge >= 0.3 is 0 Å². The third-order valence-corrected chi connectivity index (χ3v) is 2.65. The molecule has 0 saturated heterocycles. The van der Waals surface area contributed by atoms with Crippen molar-refractivity contribution in [2.45, 2.75) is 6.54 Å². The van der Waals surface area contributed by atoms with E-state index in [0.717, 1.165) is 5.56 Å². The van der Waals surface area contributed by atoms with Gasteiger partial charge < -0.3 is 15.2 Å². The number of nitrogens with one attached hydrogen (secondary N) is 2. The van der Waals surface area contributed by atoms with E-state index in [1.165, 1.54) is 0 Å². The maximum atomic E-state index is 5.92. The van der Waals surface area contributed by atoms with Crippen LogP contribution in [0.4, 0.5) is 0 Å². The molecular formula is C12H15ClIN5O. The summed E-state index contributed by atoms with van der Waals surface area (Å²) < 4.78 is 5.15. The number of nitrogens with zero attached hydrogens (tertiary/aromatic N) is 3. The van der Waals surface area contributed by atoms with Crippen LogP contribution in [-0.2, 0) is 6.54 Å². The Hall–Kier alpha value is -1.35. The third-order valence-electron chi connectivity index (χ3n) is 2.42. The number of aromatic nitrogens is 2. The minimum Gasteiger partial charge on any atom is -0.359 e. The average Bonchev–Trinajstić information content (AvgIpc) is 2.89. The first-order chi connectivity index (χ1) is 9.22. The first-order valence-electron chi connectivity index (χ1n) is 5.70. The molecule has 0 fully saturated rings. The van der Waals surface area contributed by atoms with Crippen LogP contribution in [0.2, 0.25) is 5.02 Å². The first kappa shape index (κ1) is 16.7. The summed E-state index contributed by atoms with van der Waals surface area (Å²) in [6, 6.07) is 7.30. The number of halogens is 2. The highest BCUT2D eigenvalue weighted by molar-refractivity contribution is 14.0. The second-order valence-electron chi connectivity index (χ2n) is 3.70. The molecule has 1 aromatic heterocycles. The van der Waals surface area contributed by atoms with E-state index in [1.54, 1.807) is 26.2 Å². The molecule has 0 aliphatic rings. The van der Waals surface area contributed by atoms with Crippen molar-refractivity contribution in [3.05, 3.63) is 35.2 Å². The Morgan fingerprint density at radius 1 is 1.45 bits per heavy atom. The van der Waals surface area contributed by atoms with Crippen molar-refractivity contribution in [3.8, 4) is 11.4 Å². The van der Waals surface area contributed by atoms with Crippen LogP contribution in [0.3, 0.4) is 0 Å². The Labute approximate surface area is 139 Å². The maximum Gasteiger partial charge on any atom is 0.246 e. The monoisotopic (exact) mass is 407 g/mol. The Bertz CT molecular complexity index is 587. The van der Waals surface area contributed by atoms with Gasteiger partial charge in [0.15, 0.2) is 5.96 Å². The highest BCUT2D eigenvalue weighted by Gasteiger charge is 2.09. The normalized spacial score (nSPS) is 10.8. The van der Waals surface area contributed by atoms with Crippen LogP contribution in [0.1, 0.15) is 5.89 Å². The zero-order chi connectivity index (χ0) is 13.7. The van der Waals surface area contributed by atoms with E-state index in [0.29, 0.717) is 29.2 Å². The third kappa shape index (κ3) is 4.34. The van der Waals surface area contributed by atoms with E-state index in [-0.39, 0.29) is 24.0 Å². The Morgan fingerprint density at radius 2 is 2.25 bits per heavy atom. The van der Waals surface area contributed by atoms with Gasteiger partial charge in [0, 0.05) is 24.7 Å². The van der Waals surface area contributed by atoms with Gasteiger partial charge in [-0.15, -0.1) is 24.0 Å². The topological polar surface area (TPSA) is 75.3 Å². The van der Waals surface area contributed by atoms with Crippen LogP contribution in [-0.4, -0.2) is 30.2 Å². The van der Waals surface area contributed by atoms with Crippen molar-refractivity contribution in [2.75, 3.05) is 14.1 Å². The lowest BCUT2D eigenvalue weighted by atomic mass is 10.2. The van der Waals surface area contributed by atoms with Crippen LogP contribution in [0.25, 0.3) is 11.4 Å². The molecule has 0 bridgehead atoms. The molecule has 2 rings (SSSR count). The molecule has 108 valence electrons. The maximum absolute atomic E-state index is 5.92. The molecule has 0 spiro atoms. The molecule has 0 saturated carbocycles. The summed E-state index contributed by atoms with van der Waals surface area (Å²) in [5.74, 6) is 1.65. The molecule has 6 nitrogen and oxygen atoms in total. The molecule has 0 aliphatic heterocycles. The van der Waals surface area contributed by atoms with E-state index < -0.39 is 0 Å². The summed E-state index contributed by atoms with van der Waals surface area (Å²) in [6.07, 6.45) is 0. The molecule has 0 atom stereocenters. The van der Waals surface area contributed by atoms with Crippen molar-refractivity contribution in [3.63, 3.8) is 0 Å². The van der Waals surface area contributed by atoms with Gasteiger partial charge in [0.05, 0.1) is 6.54 Å². The first-order valence-corrected chi connectivity index (χ1v) is 6.07. The van der Waals surface area contributed by atoms with Gasteiger partial charge in [-0.1, -0.05) is 28.9 Å². The van der Waals surface area contributed by atoms with Gasteiger partial charge in [-0.05, 0) is 12.1 Å². The smallest absolute Gasteiger partial charge is 0.246 e. The SMILES string of the molecule is CN=C(NC)NCc1nc(-c2cccc(Cl)c2)no1.I. The molecular weight excluding hydrogens is 393 g/mol. The zero-order valence-corrected chi connectivity index (χ0v) is 14.1. The van der Waals surface area contributed by atoms with Gasteiger partial charge in [0.1, 0.15) is 0 Å². The fourth-order valence-corrected chi connectivity index (χ4v) is 1.70. The van der Waals surface area contributed by atoms with Gasteiger partial charge in [-0.2, -0.15) is 4.98 Å². The Morgan fingerprint density at radius 3 is 2.90 bits per heavy atom. The number of aliphatic imine (C=N–C) groups is 1. The molecule has 0 radical (unpaired) electrons. The number of hydrogen-bond donors (Lipinski definition) is 2. The zero-order valence-electron chi connectivity index (χ0n) is 11.1. The second kappa shape index (κ2) is 8.05. The number of rotatable bonds is 3. The Balaban J connectivity index is 0.00000200. The molecule has 1 heterocycles. The highest BCUT2D eigenvalue weighted by atomic mass is 127. The molecule has 1 aromatic carbocycles. The van der Waals surface area contributed by atoms with E-state index in [9.17, 15) is 0 Å². The minimum absolute atomic E-state index is 0.